The summed E-state index contributed by atoms with van der Waals surface area (Å²) in [5.74, 6) is -0.0669. The smallest absolute Gasteiger partial charge is 0.251 e. The van der Waals surface area contributed by atoms with Gasteiger partial charge in [-0.25, -0.2) is 0 Å². The zero-order chi connectivity index (χ0) is 18.6. The van der Waals surface area contributed by atoms with E-state index in [-0.39, 0.29) is 5.91 Å². The molecule has 1 amide bonds. The Morgan fingerprint density at radius 1 is 1.07 bits per heavy atom. The van der Waals surface area contributed by atoms with Gasteiger partial charge < -0.3 is 14.7 Å². The van der Waals surface area contributed by atoms with Crippen LogP contribution < -0.4 is 5.32 Å². The summed E-state index contributed by atoms with van der Waals surface area (Å²) in [7, 11) is 0. The van der Waals surface area contributed by atoms with Crippen LogP contribution in [0.1, 0.15) is 27.0 Å². The van der Waals surface area contributed by atoms with E-state index in [2.05, 4.69) is 10.3 Å². The molecule has 0 aliphatic carbocycles. The second-order valence-corrected chi connectivity index (χ2v) is 6.95. The molecule has 4 aromatic rings. The molecular formula is C22H19ClN2O2. The van der Waals surface area contributed by atoms with Gasteiger partial charge in [-0.2, -0.15) is 0 Å². The number of rotatable bonds is 6. The molecule has 0 aliphatic rings. The molecule has 2 heterocycles. The summed E-state index contributed by atoms with van der Waals surface area (Å²) in [5, 5.41) is 4.79. The Labute approximate surface area is 162 Å². The van der Waals surface area contributed by atoms with Crippen LogP contribution in [0.25, 0.3) is 10.9 Å². The van der Waals surface area contributed by atoms with Crippen LogP contribution in [-0.4, -0.2) is 17.4 Å². The molecule has 0 saturated carbocycles. The number of H-pyrrole nitrogens is 1. The average Bonchev–Trinajstić information content (AvgIpc) is 3.32. The second-order valence-electron chi connectivity index (χ2n) is 6.52. The highest BCUT2D eigenvalue weighted by Gasteiger charge is 2.08. The molecule has 2 aromatic carbocycles. The maximum Gasteiger partial charge on any atom is 0.251 e. The molecule has 0 bridgehead atoms. The summed E-state index contributed by atoms with van der Waals surface area (Å²) < 4.78 is 5.08. The zero-order valence-corrected chi connectivity index (χ0v) is 15.4. The van der Waals surface area contributed by atoms with Gasteiger partial charge in [-0.05, 0) is 59.5 Å². The Balaban J connectivity index is 1.34. The number of hydrogen-bond donors (Lipinski definition) is 2. The Morgan fingerprint density at radius 3 is 2.70 bits per heavy atom. The SMILES string of the molecule is O=C(NCCc1c[nH]c2ccc(Cl)cc12)c1ccc(Cc2ccoc2)cc1. The number of benzene rings is 2. The fourth-order valence-electron chi connectivity index (χ4n) is 3.17. The van der Waals surface area contributed by atoms with Crippen molar-refractivity contribution in [1.29, 1.82) is 0 Å². The molecule has 2 N–H and O–H groups in total. The molecule has 0 aliphatic heterocycles. The van der Waals surface area contributed by atoms with Crippen molar-refractivity contribution in [3.63, 3.8) is 0 Å². The largest absolute Gasteiger partial charge is 0.472 e. The molecule has 2 aromatic heterocycles. The van der Waals surface area contributed by atoms with Gasteiger partial charge in [-0.3, -0.25) is 4.79 Å². The molecule has 0 unspecified atom stereocenters. The lowest BCUT2D eigenvalue weighted by molar-refractivity contribution is 0.0954. The fourth-order valence-corrected chi connectivity index (χ4v) is 3.35. The highest BCUT2D eigenvalue weighted by Crippen LogP contribution is 2.22. The Hall–Kier alpha value is -2.98. The molecule has 5 heteroatoms. The minimum atomic E-state index is -0.0669. The molecule has 0 atom stereocenters. The molecule has 0 radical (unpaired) electrons. The summed E-state index contributed by atoms with van der Waals surface area (Å²) in [4.78, 5) is 15.6. The van der Waals surface area contributed by atoms with Crippen molar-refractivity contribution >= 4 is 28.4 Å². The van der Waals surface area contributed by atoms with Gasteiger partial charge in [0.25, 0.3) is 5.91 Å². The first-order chi connectivity index (χ1) is 13.2. The van der Waals surface area contributed by atoms with Gasteiger partial charge in [0.15, 0.2) is 0 Å². The first-order valence-electron chi connectivity index (χ1n) is 8.83. The summed E-state index contributed by atoms with van der Waals surface area (Å²) in [6.45, 7) is 0.565. The van der Waals surface area contributed by atoms with Crippen LogP contribution in [0.2, 0.25) is 5.02 Å². The molecule has 0 fully saturated rings. The lowest BCUT2D eigenvalue weighted by Gasteiger charge is -2.06. The molecule has 4 rings (SSSR count). The van der Waals surface area contributed by atoms with E-state index in [4.69, 9.17) is 16.0 Å². The van der Waals surface area contributed by atoms with E-state index in [0.717, 1.165) is 40.4 Å². The van der Waals surface area contributed by atoms with E-state index in [1.165, 1.54) is 0 Å². The summed E-state index contributed by atoms with van der Waals surface area (Å²) in [6, 6.07) is 15.4. The van der Waals surface area contributed by atoms with Crippen LogP contribution in [0, 0.1) is 0 Å². The van der Waals surface area contributed by atoms with E-state index in [9.17, 15) is 4.79 Å². The monoisotopic (exact) mass is 378 g/mol. The van der Waals surface area contributed by atoms with Gasteiger partial charge in [-0.1, -0.05) is 23.7 Å². The molecule has 4 nitrogen and oxygen atoms in total. The number of carbonyl (C=O) groups excluding carboxylic acids is 1. The van der Waals surface area contributed by atoms with Crippen LogP contribution in [0.4, 0.5) is 0 Å². The van der Waals surface area contributed by atoms with Crippen molar-refractivity contribution in [2.24, 2.45) is 0 Å². The van der Waals surface area contributed by atoms with Gasteiger partial charge in [0.1, 0.15) is 0 Å². The minimum absolute atomic E-state index is 0.0669. The Morgan fingerprint density at radius 2 is 1.93 bits per heavy atom. The molecular weight excluding hydrogens is 360 g/mol. The fraction of sp³-hybridized carbons (Fsp3) is 0.136. The highest BCUT2D eigenvalue weighted by molar-refractivity contribution is 6.31. The zero-order valence-electron chi connectivity index (χ0n) is 14.7. The third-order valence-electron chi connectivity index (χ3n) is 4.61. The van der Waals surface area contributed by atoms with Gasteiger partial charge in [0, 0.05) is 40.7 Å². The minimum Gasteiger partial charge on any atom is -0.472 e. The number of halogens is 1. The maximum absolute atomic E-state index is 12.4. The van der Waals surface area contributed by atoms with Crippen LogP contribution in [0.5, 0.6) is 0 Å². The van der Waals surface area contributed by atoms with Crippen LogP contribution in [0.15, 0.2) is 71.7 Å². The first kappa shape index (κ1) is 17.4. The number of hydrogen-bond acceptors (Lipinski definition) is 2. The van der Waals surface area contributed by atoms with Crippen molar-refractivity contribution in [3.05, 3.63) is 94.5 Å². The van der Waals surface area contributed by atoms with Crippen molar-refractivity contribution < 1.29 is 9.21 Å². The average molecular weight is 379 g/mol. The van der Waals surface area contributed by atoms with Crippen LogP contribution in [0.3, 0.4) is 0 Å². The van der Waals surface area contributed by atoms with Crippen LogP contribution >= 0.6 is 11.6 Å². The second kappa shape index (κ2) is 7.72. The van der Waals surface area contributed by atoms with E-state index in [0.29, 0.717) is 17.1 Å². The predicted octanol–water partition coefficient (Wildman–Crippen LogP) is 4.98. The molecule has 0 saturated heterocycles. The third-order valence-corrected chi connectivity index (χ3v) is 4.85. The topological polar surface area (TPSA) is 58.0 Å². The number of amides is 1. The number of fused-ring (bicyclic) bond motifs is 1. The van der Waals surface area contributed by atoms with Gasteiger partial charge in [-0.15, -0.1) is 0 Å². The number of aromatic nitrogens is 1. The van der Waals surface area contributed by atoms with Crippen molar-refractivity contribution in [2.45, 2.75) is 12.8 Å². The third kappa shape index (κ3) is 4.07. The number of nitrogens with one attached hydrogen (secondary N) is 2. The lowest BCUT2D eigenvalue weighted by atomic mass is 10.1. The Bertz CT molecular complexity index is 1050. The number of aromatic amines is 1. The highest BCUT2D eigenvalue weighted by atomic mass is 35.5. The summed E-state index contributed by atoms with van der Waals surface area (Å²) >= 11 is 6.08. The van der Waals surface area contributed by atoms with E-state index < -0.39 is 0 Å². The molecule has 136 valence electrons. The van der Waals surface area contributed by atoms with E-state index >= 15 is 0 Å². The first-order valence-corrected chi connectivity index (χ1v) is 9.20. The molecule has 0 spiro atoms. The predicted molar refractivity (Wildman–Crippen MR) is 107 cm³/mol. The van der Waals surface area contributed by atoms with Crippen molar-refractivity contribution in [3.8, 4) is 0 Å². The summed E-state index contributed by atoms with van der Waals surface area (Å²) in [6.07, 6.45) is 6.90. The lowest BCUT2D eigenvalue weighted by Crippen LogP contribution is -2.25. The number of furan rings is 1. The Kier molecular flexibility index (Phi) is 4.99. The van der Waals surface area contributed by atoms with Gasteiger partial charge in [0.2, 0.25) is 0 Å². The van der Waals surface area contributed by atoms with Crippen molar-refractivity contribution in [2.75, 3.05) is 6.54 Å². The quantitative estimate of drug-likeness (QED) is 0.497. The number of carbonyl (C=O) groups is 1. The summed E-state index contributed by atoms with van der Waals surface area (Å²) in [5.41, 5.74) is 5.11. The van der Waals surface area contributed by atoms with Crippen LogP contribution in [-0.2, 0) is 12.8 Å². The van der Waals surface area contributed by atoms with E-state index in [1.54, 1.807) is 12.5 Å². The van der Waals surface area contributed by atoms with Crippen molar-refractivity contribution in [1.82, 2.24) is 10.3 Å². The standard InChI is InChI=1S/C22H19ClN2O2/c23-19-5-6-21-20(12-19)18(13-25-21)7-9-24-22(26)17-3-1-15(2-4-17)11-16-8-10-27-14-16/h1-6,8,10,12-14,25H,7,9,11H2,(H,24,26). The van der Waals surface area contributed by atoms with Gasteiger partial charge >= 0.3 is 0 Å². The van der Waals surface area contributed by atoms with Gasteiger partial charge in [0.05, 0.1) is 12.5 Å². The van der Waals surface area contributed by atoms with E-state index in [1.807, 2.05) is 54.7 Å². The normalized spacial score (nSPS) is 11.0. The molecule has 27 heavy (non-hydrogen) atoms. The maximum atomic E-state index is 12.4.